The average molecular weight is 254 g/mol. The summed E-state index contributed by atoms with van der Waals surface area (Å²) >= 11 is 0. The first-order valence-corrected chi connectivity index (χ1v) is 5.86. The Morgan fingerprint density at radius 3 is 2.68 bits per heavy atom. The predicted octanol–water partition coefficient (Wildman–Crippen LogP) is 2.85. The number of pyridine rings is 1. The van der Waals surface area contributed by atoms with Crippen LogP contribution < -0.4 is 9.47 Å². The lowest BCUT2D eigenvalue weighted by Gasteiger charge is -2.08. The van der Waals surface area contributed by atoms with Crippen molar-refractivity contribution in [3.8, 4) is 17.6 Å². The van der Waals surface area contributed by atoms with E-state index >= 15 is 0 Å². The lowest BCUT2D eigenvalue weighted by Crippen LogP contribution is -1.99. The van der Waals surface area contributed by atoms with Gasteiger partial charge in [0, 0.05) is 11.8 Å². The van der Waals surface area contributed by atoms with Crippen LogP contribution in [-0.4, -0.2) is 12.1 Å². The number of nitriles is 1. The molecule has 1 aromatic carbocycles. The van der Waals surface area contributed by atoms with Crippen LogP contribution in [0.25, 0.3) is 0 Å². The lowest BCUT2D eigenvalue weighted by molar-refractivity contribution is 0.298. The minimum atomic E-state index is 0.361. The third-order valence-electron chi connectivity index (χ3n) is 2.58. The normalized spacial score (nSPS) is 9.74. The van der Waals surface area contributed by atoms with E-state index in [1.54, 1.807) is 25.3 Å². The summed E-state index contributed by atoms with van der Waals surface area (Å²) in [5, 5.41) is 8.93. The van der Waals surface area contributed by atoms with Gasteiger partial charge in [-0.15, -0.1) is 0 Å². The largest absolute Gasteiger partial charge is 0.497 e. The summed E-state index contributed by atoms with van der Waals surface area (Å²) in [5.74, 6) is 1.20. The van der Waals surface area contributed by atoms with E-state index in [0.717, 1.165) is 11.4 Å². The first-order valence-electron chi connectivity index (χ1n) is 5.86. The summed E-state index contributed by atoms with van der Waals surface area (Å²) < 4.78 is 10.8. The zero-order chi connectivity index (χ0) is 13.7. The van der Waals surface area contributed by atoms with Crippen LogP contribution in [0.3, 0.4) is 0 Å². The van der Waals surface area contributed by atoms with E-state index in [4.69, 9.17) is 14.7 Å². The second-order valence-corrected chi connectivity index (χ2v) is 4.07. The summed E-state index contributed by atoms with van der Waals surface area (Å²) in [6.45, 7) is 2.29. The topological polar surface area (TPSA) is 55.1 Å². The Labute approximate surface area is 112 Å². The van der Waals surface area contributed by atoms with Gasteiger partial charge >= 0.3 is 0 Å². The fraction of sp³-hybridized carbons (Fsp3) is 0.200. The van der Waals surface area contributed by atoms with Crippen LogP contribution in [0.2, 0.25) is 0 Å². The van der Waals surface area contributed by atoms with Crippen molar-refractivity contribution in [1.29, 1.82) is 5.26 Å². The van der Waals surface area contributed by atoms with Crippen molar-refractivity contribution in [2.45, 2.75) is 13.5 Å². The molecule has 0 spiro atoms. The van der Waals surface area contributed by atoms with Crippen molar-refractivity contribution >= 4 is 0 Å². The minimum absolute atomic E-state index is 0.361. The van der Waals surface area contributed by atoms with Gasteiger partial charge in [0.05, 0.1) is 24.4 Å². The molecule has 0 aliphatic rings. The highest BCUT2D eigenvalue weighted by molar-refractivity contribution is 5.43. The van der Waals surface area contributed by atoms with Gasteiger partial charge in [0.1, 0.15) is 18.1 Å². The Balaban J connectivity index is 2.13. The second kappa shape index (κ2) is 5.87. The molecule has 0 fully saturated rings. The fourth-order valence-electron chi connectivity index (χ4n) is 1.67. The van der Waals surface area contributed by atoms with Gasteiger partial charge in [-0.3, -0.25) is 4.98 Å². The van der Waals surface area contributed by atoms with Crippen molar-refractivity contribution in [2.75, 3.05) is 7.11 Å². The SMILES string of the molecule is COc1cc(C#N)cc(OCc2cccc(C)n2)c1. The molecule has 4 nitrogen and oxygen atoms in total. The van der Waals surface area contributed by atoms with Crippen molar-refractivity contribution in [3.05, 3.63) is 53.3 Å². The Morgan fingerprint density at radius 1 is 1.21 bits per heavy atom. The Kier molecular flexibility index (Phi) is 3.99. The standard InChI is InChI=1S/C15H14N2O2/c1-11-4-3-5-13(17-11)10-19-15-7-12(9-16)6-14(8-15)18-2/h3-8H,10H2,1-2H3. The van der Waals surface area contributed by atoms with Crippen LogP contribution in [0.5, 0.6) is 11.5 Å². The summed E-state index contributed by atoms with van der Waals surface area (Å²) in [6, 6.07) is 12.9. The molecule has 0 atom stereocenters. The number of benzene rings is 1. The monoisotopic (exact) mass is 254 g/mol. The van der Waals surface area contributed by atoms with E-state index in [9.17, 15) is 0 Å². The van der Waals surface area contributed by atoms with Gasteiger partial charge in [0.15, 0.2) is 0 Å². The zero-order valence-electron chi connectivity index (χ0n) is 10.9. The van der Waals surface area contributed by atoms with Crippen molar-refractivity contribution in [1.82, 2.24) is 4.98 Å². The molecule has 0 saturated heterocycles. The first-order chi connectivity index (χ1) is 9.21. The Morgan fingerprint density at radius 2 is 2.00 bits per heavy atom. The average Bonchev–Trinajstić information content (AvgIpc) is 2.44. The van der Waals surface area contributed by atoms with Gasteiger partial charge < -0.3 is 9.47 Å². The van der Waals surface area contributed by atoms with Crippen LogP contribution in [0.4, 0.5) is 0 Å². The number of nitrogens with zero attached hydrogens (tertiary/aromatic N) is 2. The molecule has 1 aromatic heterocycles. The molecule has 2 aromatic rings. The maximum atomic E-state index is 8.93. The van der Waals surface area contributed by atoms with E-state index in [2.05, 4.69) is 11.1 Å². The quantitative estimate of drug-likeness (QED) is 0.841. The molecular weight excluding hydrogens is 240 g/mol. The molecule has 0 N–H and O–H groups in total. The second-order valence-electron chi connectivity index (χ2n) is 4.07. The number of aromatic nitrogens is 1. The molecule has 0 amide bonds. The van der Waals surface area contributed by atoms with Gasteiger partial charge in [0.2, 0.25) is 0 Å². The number of ether oxygens (including phenoxy) is 2. The molecule has 19 heavy (non-hydrogen) atoms. The molecule has 0 radical (unpaired) electrons. The van der Waals surface area contributed by atoms with Crippen molar-refractivity contribution < 1.29 is 9.47 Å². The summed E-state index contributed by atoms with van der Waals surface area (Å²) in [7, 11) is 1.56. The summed E-state index contributed by atoms with van der Waals surface area (Å²) in [6.07, 6.45) is 0. The highest BCUT2D eigenvalue weighted by atomic mass is 16.5. The van der Waals surface area contributed by atoms with E-state index < -0.39 is 0 Å². The number of hydrogen-bond acceptors (Lipinski definition) is 4. The van der Waals surface area contributed by atoms with Crippen LogP contribution in [0.1, 0.15) is 17.0 Å². The van der Waals surface area contributed by atoms with Crippen LogP contribution in [0, 0.1) is 18.3 Å². The van der Waals surface area contributed by atoms with Crippen molar-refractivity contribution in [3.63, 3.8) is 0 Å². The smallest absolute Gasteiger partial charge is 0.130 e. The highest BCUT2D eigenvalue weighted by Crippen LogP contribution is 2.23. The molecule has 2 rings (SSSR count). The van der Waals surface area contributed by atoms with Gasteiger partial charge in [-0.2, -0.15) is 5.26 Å². The fourth-order valence-corrected chi connectivity index (χ4v) is 1.67. The van der Waals surface area contributed by atoms with E-state index in [0.29, 0.717) is 23.7 Å². The third kappa shape index (κ3) is 3.46. The number of hydrogen-bond donors (Lipinski definition) is 0. The number of rotatable bonds is 4. The molecule has 0 aliphatic carbocycles. The van der Waals surface area contributed by atoms with E-state index in [-0.39, 0.29) is 0 Å². The molecule has 0 unspecified atom stereocenters. The highest BCUT2D eigenvalue weighted by Gasteiger charge is 2.03. The first kappa shape index (κ1) is 12.9. The van der Waals surface area contributed by atoms with Gasteiger partial charge in [0.25, 0.3) is 0 Å². The van der Waals surface area contributed by atoms with Crippen LogP contribution >= 0.6 is 0 Å². The molecule has 0 bridgehead atoms. The van der Waals surface area contributed by atoms with E-state index in [1.165, 1.54) is 0 Å². The van der Waals surface area contributed by atoms with Crippen molar-refractivity contribution in [2.24, 2.45) is 0 Å². The van der Waals surface area contributed by atoms with Gasteiger partial charge in [-0.25, -0.2) is 0 Å². The minimum Gasteiger partial charge on any atom is -0.497 e. The predicted molar refractivity (Wildman–Crippen MR) is 71.0 cm³/mol. The summed E-state index contributed by atoms with van der Waals surface area (Å²) in [5.41, 5.74) is 2.30. The van der Waals surface area contributed by atoms with Crippen LogP contribution in [0.15, 0.2) is 36.4 Å². The molecule has 0 aliphatic heterocycles. The molecule has 4 heteroatoms. The molecule has 1 heterocycles. The molecule has 0 saturated carbocycles. The van der Waals surface area contributed by atoms with Gasteiger partial charge in [-0.05, 0) is 31.2 Å². The van der Waals surface area contributed by atoms with Gasteiger partial charge in [-0.1, -0.05) is 6.07 Å². The molecular formula is C15H14N2O2. The van der Waals surface area contributed by atoms with E-state index in [1.807, 2.05) is 25.1 Å². The Hall–Kier alpha value is -2.54. The number of methoxy groups -OCH3 is 1. The lowest BCUT2D eigenvalue weighted by atomic mass is 10.2. The summed E-state index contributed by atoms with van der Waals surface area (Å²) in [4.78, 5) is 4.35. The number of aryl methyl sites for hydroxylation is 1. The van der Waals surface area contributed by atoms with Crippen LogP contribution in [-0.2, 0) is 6.61 Å². The third-order valence-corrected chi connectivity index (χ3v) is 2.58. The zero-order valence-corrected chi connectivity index (χ0v) is 10.9. The maximum absolute atomic E-state index is 8.93. The molecule has 96 valence electrons. The Bertz CT molecular complexity index is 618. The maximum Gasteiger partial charge on any atom is 0.130 e.